The molecule has 1 aliphatic heterocycles. The number of likely N-dealkylation sites (tertiary alicyclic amines) is 1. The summed E-state index contributed by atoms with van der Waals surface area (Å²) in [4.78, 5) is 2.61. The van der Waals surface area contributed by atoms with E-state index < -0.39 is 0 Å². The normalized spacial score (nSPS) is 25.3. The van der Waals surface area contributed by atoms with Gasteiger partial charge in [-0.3, -0.25) is 0 Å². The standard InChI is InChI=1S/C15H29NO2/c1-14(2,3)18-12-15(7-8-15)11-16-9-5-13(17-4)6-10-16/h13H,5-12H2,1-4H3. The zero-order valence-electron chi connectivity index (χ0n) is 12.5. The Bertz CT molecular complexity index is 260. The van der Waals surface area contributed by atoms with Gasteiger partial charge >= 0.3 is 0 Å². The van der Waals surface area contributed by atoms with Crippen molar-refractivity contribution in [2.75, 3.05) is 33.4 Å². The Morgan fingerprint density at radius 3 is 2.22 bits per heavy atom. The molecule has 0 atom stereocenters. The van der Waals surface area contributed by atoms with Gasteiger partial charge in [-0.25, -0.2) is 0 Å². The van der Waals surface area contributed by atoms with Crippen LogP contribution >= 0.6 is 0 Å². The third-order valence-corrected chi connectivity index (χ3v) is 4.20. The van der Waals surface area contributed by atoms with Crippen LogP contribution < -0.4 is 0 Å². The molecular weight excluding hydrogens is 226 g/mol. The average Bonchev–Trinajstić information content (AvgIpc) is 3.07. The van der Waals surface area contributed by atoms with Crippen molar-refractivity contribution in [1.29, 1.82) is 0 Å². The number of hydrogen-bond donors (Lipinski definition) is 0. The highest BCUT2D eigenvalue weighted by Crippen LogP contribution is 2.47. The molecule has 1 aliphatic carbocycles. The van der Waals surface area contributed by atoms with Crippen molar-refractivity contribution < 1.29 is 9.47 Å². The molecule has 2 rings (SSSR count). The third-order valence-electron chi connectivity index (χ3n) is 4.20. The molecule has 0 N–H and O–H groups in total. The minimum atomic E-state index is -0.00135. The van der Waals surface area contributed by atoms with E-state index in [2.05, 4.69) is 25.7 Å². The van der Waals surface area contributed by atoms with E-state index in [1.54, 1.807) is 0 Å². The first kappa shape index (κ1) is 14.3. The first-order chi connectivity index (χ1) is 8.42. The summed E-state index contributed by atoms with van der Waals surface area (Å²) >= 11 is 0. The van der Waals surface area contributed by atoms with Crippen molar-refractivity contribution in [3.8, 4) is 0 Å². The largest absolute Gasteiger partial charge is 0.381 e. The van der Waals surface area contributed by atoms with Crippen LogP contribution in [0.25, 0.3) is 0 Å². The first-order valence-electron chi connectivity index (χ1n) is 7.32. The summed E-state index contributed by atoms with van der Waals surface area (Å²) in [5.74, 6) is 0. The van der Waals surface area contributed by atoms with Crippen LogP contribution in [0.3, 0.4) is 0 Å². The molecule has 0 unspecified atom stereocenters. The zero-order valence-corrected chi connectivity index (χ0v) is 12.5. The number of nitrogens with zero attached hydrogens (tertiary/aromatic N) is 1. The van der Waals surface area contributed by atoms with Crippen molar-refractivity contribution in [2.45, 2.75) is 58.2 Å². The second kappa shape index (κ2) is 5.48. The molecule has 0 spiro atoms. The fourth-order valence-electron chi connectivity index (χ4n) is 2.67. The summed E-state index contributed by atoms with van der Waals surface area (Å²) in [7, 11) is 1.83. The Balaban J connectivity index is 1.73. The number of hydrogen-bond acceptors (Lipinski definition) is 3. The van der Waals surface area contributed by atoms with Gasteiger partial charge in [0.25, 0.3) is 0 Å². The summed E-state index contributed by atoms with van der Waals surface area (Å²) in [6.07, 6.45) is 5.54. The second-order valence-electron chi connectivity index (χ2n) is 7.11. The number of methoxy groups -OCH3 is 1. The summed E-state index contributed by atoms with van der Waals surface area (Å²) in [6.45, 7) is 11.0. The van der Waals surface area contributed by atoms with E-state index in [-0.39, 0.29) is 5.60 Å². The lowest BCUT2D eigenvalue weighted by Crippen LogP contribution is -2.41. The van der Waals surface area contributed by atoms with E-state index in [0.29, 0.717) is 11.5 Å². The van der Waals surface area contributed by atoms with Gasteiger partial charge in [0.05, 0.1) is 18.3 Å². The minimum Gasteiger partial charge on any atom is -0.381 e. The van der Waals surface area contributed by atoms with Gasteiger partial charge in [-0.05, 0) is 46.5 Å². The van der Waals surface area contributed by atoms with Gasteiger partial charge in [0.15, 0.2) is 0 Å². The van der Waals surface area contributed by atoms with Gasteiger partial charge in [-0.2, -0.15) is 0 Å². The van der Waals surface area contributed by atoms with Crippen LogP contribution in [-0.4, -0.2) is 50.0 Å². The maximum absolute atomic E-state index is 5.99. The molecule has 106 valence electrons. The molecule has 18 heavy (non-hydrogen) atoms. The second-order valence-corrected chi connectivity index (χ2v) is 7.11. The maximum atomic E-state index is 5.99. The van der Waals surface area contributed by atoms with E-state index in [4.69, 9.17) is 9.47 Å². The summed E-state index contributed by atoms with van der Waals surface area (Å²) in [5, 5.41) is 0. The average molecular weight is 255 g/mol. The lowest BCUT2D eigenvalue weighted by molar-refractivity contribution is -0.0383. The third kappa shape index (κ3) is 4.22. The van der Waals surface area contributed by atoms with E-state index in [9.17, 15) is 0 Å². The van der Waals surface area contributed by atoms with E-state index in [1.807, 2.05) is 7.11 Å². The van der Waals surface area contributed by atoms with Crippen LogP contribution in [0.1, 0.15) is 46.5 Å². The Morgan fingerprint density at radius 2 is 1.78 bits per heavy atom. The number of piperidine rings is 1. The van der Waals surface area contributed by atoms with Gasteiger partial charge in [-0.1, -0.05) is 0 Å². The molecular formula is C15H29NO2. The predicted octanol–water partition coefficient (Wildman–Crippen LogP) is 2.69. The lowest BCUT2D eigenvalue weighted by atomic mass is 10.0. The van der Waals surface area contributed by atoms with Gasteiger partial charge in [0, 0.05) is 32.2 Å². The molecule has 0 aromatic heterocycles. The quantitative estimate of drug-likeness (QED) is 0.754. The van der Waals surface area contributed by atoms with Gasteiger partial charge in [0.2, 0.25) is 0 Å². The van der Waals surface area contributed by atoms with Crippen LogP contribution in [0.4, 0.5) is 0 Å². The summed E-state index contributed by atoms with van der Waals surface area (Å²) in [6, 6.07) is 0. The Kier molecular flexibility index (Phi) is 4.35. The lowest BCUT2D eigenvalue weighted by Gasteiger charge is -2.34. The number of rotatable bonds is 5. The molecule has 1 heterocycles. The molecule has 0 bridgehead atoms. The highest BCUT2D eigenvalue weighted by molar-refractivity contribution is 4.96. The molecule has 2 fully saturated rings. The van der Waals surface area contributed by atoms with Gasteiger partial charge in [-0.15, -0.1) is 0 Å². The fraction of sp³-hybridized carbons (Fsp3) is 1.00. The Labute approximate surface area is 112 Å². The minimum absolute atomic E-state index is 0.00135. The van der Waals surface area contributed by atoms with E-state index >= 15 is 0 Å². The van der Waals surface area contributed by atoms with Gasteiger partial charge < -0.3 is 14.4 Å². The molecule has 3 heteroatoms. The number of ether oxygens (including phenoxy) is 2. The Hall–Kier alpha value is -0.120. The van der Waals surface area contributed by atoms with Crippen LogP contribution in [0.15, 0.2) is 0 Å². The zero-order chi connectivity index (χ0) is 13.2. The van der Waals surface area contributed by atoms with Gasteiger partial charge in [0.1, 0.15) is 0 Å². The summed E-state index contributed by atoms with van der Waals surface area (Å²) < 4.78 is 11.4. The van der Waals surface area contributed by atoms with Crippen LogP contribution in [-0.2, 0) is 9.47 Å². The van der Waals surface area contributed by atoms with Crippen LogP contribution in [0.2, 0.25) is 0 Å². The Morgan fingerprint density at radius 1 is 1.17 bits per heavy atom. The molecule has 3 nitrogen and oxygen atoms in total. The molecule has 2 aliphatic rings. The fourth-order valence-corrected chi connectivity index (χ4v) is 2.67. The van der Waals surface area contributed by atoms with Crippen molar-refractivity contribution in [3.05, 3.63) is 0 Å². The van der Waals surface area contributed by atoms with Crippen molar-refractivity contribution in [3.63, 3.8) is 0 Å². The summed E-state index contributed by atoms with van der Waals surface area (Å²) in [5.41, 5.74) is 0.464. The van der Waals surface area contributed by atoms with Crippen LogP contribution in [0, 0.1) is 5.41 Å². The molecule has 0 radical (unpaired) electrons. The smallest absolute Gasteiger partial charge is 0.0598 e. The van der Waals surface area contributed by atoms with Crippen LogP contribution in [0.5, 0.6) is 0 Å². The van der Waals surface area contributed by atoms with Crippen molar-refractivity contribution in [1.82, 2.24) is 4.90 Å². The van der Waals surface area contributed by atoms with E-state index in [1.165, 1.54) is 45.3 Å². The molecule has 0 aromatic carbocycles. The highest BCUT2D eigenvalue weighted by Gasteiger charge is 2.45. The topological polar surface area (TPSA) is 21.7 Å². The van der Waals surface area contributed by atoms with E-state index in [0.717, 1.165) is 6.61 Å². The molecule has 1 saturated heterocycles. The monoisotopic (exact) mass is 255 g/mol. The SMILES string of the molecule is COC1CCN(CC2(COC(C)(C)C)CC2)CC1. The maximum Gasteiger partial charge on any atom is 0.0598 e. The molecule has 0 aromatic rings. The predicted molar refractivity (Wildman–Crippen MR) is 73.8 cm³/mol. The first-order valence-corrected chi connectivity index (χ1v) is 7.32. The highest BCUT2D eigenvalue weighted by atomic mass is 16.5. The molecule has 0 amide bonds. The molecule has 1 saturated carbocycles. The van der Waals surface area contributed by atoms with Crippen molar-refractivity contribution >= 4 is 0 Å². The van der Waals surface area contributed by atoms with Crippen molar-refractivity contribution in [2.24, 2.45) is 5.41 Å².